The minimum Gasteiger partial charge on any atom is -0.395 e. The summed E-state index contributed by atoms with van der Waals surface area (Å²) in [6, 6.07) is 8.20. The molecule has 0 spiro atoms. The van der Waals surface area contributed by atoms with Gasteiger partial charge in [-0.2, -0.15) is 0 Å². The molecule has 0 saturated heterocycles. The lowest BCUT2D eigenvalue weighted by molar-refractivity contribution is 0.239. The van der Waals surface area contributed by atoms with E-state index in [1.54, 1.807) is 0 Å². The first-order valence-electron chi connectivity index (χ1n) is 5.29. The Balaban J connectivity index is 2.73. The van der Waals surface area contributed by atoms with Gasteiger partial charge in [-0.05, 0) is 31.0 Å². The lowest BCUT2D eigenvalue weighted by Gasteiger charge is -2.21. The number of nitrogens with one attached hydrogen (secondary N) is 1. The van der Waals surface area contributed by atoms with Crippen LogP contribution in [0.3, 0.4) is 0 Å². The van der Waals surface area contributed by atoms with Crippen molar-refractivity contribution in [2.24, 2.45) is 0 Å². The number of aliphatic hydroxyl groups excluding tert-OH is 1. The summed E-state index contributed by atoms with van der Waals surface area (Å²) in [7, 11) is 0. The summed E-state index contributed by atoms with van der Waals surface area (Å²) in [6.45, 7) is 4.23. The lowest BCUT2D eigenvalue weighted by Crippen LogP contribution is -2.32. The summed E-state index contributed by atoms with van der Waals surface area (Å²) in [4.78, 5) is 0. The smallest absolute Gasteiger partial charge is 0.0582 e. The predicted molar refractivity (Wildman–Crippen MR) is 64.2 cm³/mol. The van der Waals surface area contributed by atoms with E-state index in [4.69, 9.17) is 16.7 Å². The van der Waals surface area contributed by atoms with Crippen molar-refractivity contribution in [3.63, 3.8) is 0 Å². The number of benzene rings is 1. The van der Waals surface area contributed by atoms with E-state index in [0.29, 0.717) is 0 Å². The van der Waals surface area contributed by atoms with Crippen LogP contribution in [0.4, 0.5) is 0 Å². The first-order chi connectivity index (χ1) is 7.17. The average Bonchev–Trinajstić information content (AvgIpc) is 2.25. The Morgan fingerprint density at radius 1 is 1.47 bits per heavy atom. The zero-order valence-corrected chi connectivity index (χ0v) is 9.96. The highest BCUT2D eigenvalue weighted by atomic mass is 35.5. The van der Waals surface area contributed by atoms with Gasteiger partial charge in [-0.3, -0.25) is 0 Å². The molecule has 0 radical (unpaired) electrons. The summed E-state index contributed by atoms with van der Waals surface area (Å²) >= 11 is 5.94. The van der Waals surface area contributed by atoms with E-state index in [-0.39, 0.29) is 18.7 Å². The highest BCUT2D eigenvalue weighted by Crippen LogP contribution is 2.20. The Morgan fingerprint density at radius 2 is 2.20 bits per heavy atom. The second kappa shape index (κ2) is 6.11. The highest BCUT2D eigenvalue weighted by Gasteiger charge is 2.11. The van der Waals surface area contributed by atoms with E-state index in [9.17, 15) is 0 Å². The summed E-state index contributed by atoms with van der Waals surface area (Å²) in [5, 5.41) is 13.1. The fraction of sp³-hybridized carbons (Fsp3) is 0.500. The first kappa shape index (κ1) is 12.5. The molecule has 1 aromatic carbocycles. The van der Waals surface area contributed by atoms with Gasteiger partial charge in [-0.15, -0.1) is 0 Å². The zero-order chi connectivity index (χ0) is 11.3. The van der Waals surface area contributed by atoms with Crippen LogP contribution in [0.15, 0.2) is 24.3 Å². The van der Waals surface area contributed by atoms with E-state index in [1.165, 1.54) is 5.56 Å². The van der Waals surface area contributed by atoms with Crippen LogP contribution >= 0.6 is 11.6 Å². The molecule has 2 N–H and O–H groups in total. The molecule has 15 heavy (non-hydrogen) atoms. The molecule has 1 aromatic rings. The largest absolute Gasteiger partial charge is 0.395 e. The highest BCUT2D eigenvalue weighted by molar-refractivity contribution is 6.30. The lowest BCUT2D eigenvalue weighted by atomic mass is 10.0. The number of hydrogen-bond donors (Lipinski definition) is 2. The second-order valence-corrected chi connectivity index (χ2v) is 4.20. The van der Waals surface area contributed by atoms with E-state index in [2.05, 4.69) is 18.3 Å². The Bertz CT molecular complexity index is 303. The summed E-state index contributed by atoms with van der Waals surface area (Å²) in [6.07, 6.45) is 0.977. The van der Waals surface area contributed by atoms with Crippen LogP contribution < -0.4 is 5.32 Å². The number of aliphatic hydroxyl groups is 1. The minimum atomic E-state index is 0.105. The molecule has 84 valence electrons. The monoisotopic (exact) mass is 227 g/mol. The molecule has 0 aliphatic rings. The standard InChI is InChI=1S/C12H18ClNO/c1-3-12(14-9(2)8-15)10-5-4-6-11(13)7-10/h4-7,9,12,14-15H,3,8H2,1-2H3/t9-,12+/m0/s1. The van der Waals surface area contributed by atoms with Gasteiger partial charge >= 0.3 is 0 Å². The van der Waals surface area contributed by atoms with E-state index < -0.39 is 0 Å². The van der Waals surface area contributed by atoms with Gasteiger partial charge in [-0.25, -0.2) is 0 Å². The van der Waals surface area contributed by atoms with Gasteiger partial charge in [0, 0.05) is 17.1 Å². The topological polar surface area (TPSA) is 32.3 Å². The molecular weight excluding hydrogens is 210 g/mol. The van der Waals surface area contributed by atoms with Crippen LogP contribution in [0.1, 0.15) is 31.9 Å². The number of rotatable bonds is 5. The van der Waals surface area contributed by atoms with E-state index in [0.717, 1.165) is 11.4 Å². The Morgan fingerprint density at radius 3 is 2.73 bits per heavy atom. The molecule has 0 bridgehead atoms. The van der Waals surface area contributed by atoms with Crippen LogP contribution in [-0.2, 0) is 0 Å². The Kier molecular flexibility index (Phi) is 5.09. The van der Waals surface area contributed by atoms with Crippen LogP contribution in [0, 0.1) is 0 Å². The third-order valence-electron chi connectivity index (χ3n) is 2.42. The maximum Gasteiger partial charge on any atom is 0.0582 e. The molecule has 0 heterocycles. The van der Waals surface area contributed by atoms with Gasteiger partial charge in [0.25, 0.3) is 0 Å². The van der Waals surface area contributed by atoms with Crippen LogP contribution in [0.5, 0.6) is 0 Å². The van der Waals surface area contributed by atoms with Crippen molar-refractivity contribution in [3.8, 4) is 0 Å². The quantitative estimate of drug-likeness (QED) is 0.811. The minimum absolute atomic E-state index is 0.105. The molecule has 0 unspecified atom stereocenters. The molecule has 2 atom stereocenters. The average molecular weight is 228 g/mol. The van der Waals surface area contributed by atoms with Crippen molar-refractivity contribution in [2.45, 2.75) is 32.4 Å². The first-order valence-corrected chi connectivity index (χ1v) is 5.67. The summed E-state index contributed by atoms with van der Waals surface area (Å²) in [5.41, 5.74) is 1.17. The van der Waals surface area contributed by atoms with Gasteiger partial charge in [-0.1, -0.05) is 30.7 Å². The van der Waals surface area contributed by atoms with Crippen molar-refractivity contribution in [1.82, 2.24) is 5.32 Å². The maximum atomic E-state index is 8.99. The predicted octanol–water partition coefficient (Wildman–Crippen LogP) is 2.76. The number of hydrogen-bond acceptors (Lipinski definition) is 2. The van der Waals surface area contributed by atoms with Crippen LogP contribution in [0.25, 0.3) is 0 Å². The van der Waals surface area contributed by atoms with E-state index >= 15 is 0 Å². The molecule has 0 aliphatic heterocycles. The fourth-order valence-corrected chi connectivity index (χ4v) is 1.77. The zero-order valence-electron chi connectivity index (χ0n) is 9.20. The van der Waals surface area contributed by atoms with Gasteiger partial charge in [0.2, 0.25) is 0 Å². The third kappa shape index (κ3) is 3.82. The molecular formula is C12H18ClNO. The summed E-state index contributed by atoms with van der Waals surface area (Å²) < 4.78 is 0. The van der Waals surface area contributed by atoms with Gasteiger partial charge < -0.3 is 10.4 Å². The van der Waals surface area contributed by atoms with Crippen LogP contribution in [0.2, 0.25) is 5.02 Å². The van der Waals surface area contributed by atoms with E-state index in [1.807, 2.05) is 25.1 Å². The summed E-state index contributed by atoms with van der Waals surface area (Å²) in [5.74, 6) is 0. The maximum absolute atomic E-state index is 8.99. The second-order valence-electron chi connectivity index (χ2n) is 3.77. The van der Waals surface area contributed by atoms with Crippen molar-refractivity contribution >= 4 is 11.6 Å². The molecule has 0 aromatic heterocycles. The molecule has 3 heteroatoms. The van der Waals surface area contributed by atoms with Gasteiger partial charge in [0.1, 0.15) is 0 Å². The van der Waals surface area contributed by atoms with Crippen molar-refractivity contribution in [3.05, 3.63) is 34.9 Å². The van der Waals surface area contributed by atoms with Crippen molar-refractivity contribution < 1.29 is 5.11 Å². The third-order valence-corrected chi connectivity index (χ3v) is 2.65. The molecule has 2 nitrogen and oxygen atoms in total. The van der Waals surface area contributed by atoms with Gasteiger partial charge in [0.15, 0.2) is 0 Å². The van der Waals surface area contributed by atoms with Crippen molar-refractivity contribution in [2.75, 3.05) is 6.61 Å². The normalized spacial score (nSPS) is 14.9. The fourth-order valence-electron chi connectivity index (χ4n) is 1.57. The van der Waals surface area contributed by atoms with Gasteiger partial charge in [0.05, 0.1) is 6.61 Å². The molecule has 0 saturated carbocycles. The van der Waals surface area contributed by atoms with Crippen molar-refractivity contribution in [1.29, 1.82) is 0 Å². The molecule has 1 rings (SSSR count). The SMILES string of the molecule is CC[C@@H](N[C@@H](C)CO)c1cccc(Cl)c1. The Labute approximate surface area is 96.3 Å². The molecule has 0 amide bonds. The Hall–Kier alpha value is -0.570. The molecule has 0 fully saturated rings. The molecule has 0 aliphatic carbocycles. The van der Waals surface area contributed by atoms with Crippen LogP contribution in [-0.4, -0.2) is 17.8 Å². The number of halogens is 1.